The van der Waals surface area contributed by atoms with Gasteiger partial charge in [0.1, 0.15) is 11.6 Å². The summed E-state index contributed by atoms with van der Waals surface area (Å²) in [6, 6.07) is 18.2. The molecule has 0 amide bonds. The van der Waals surface area contributed by atoms with Gasteiger partial charge >= 0.3 is 0 Å². The molecule has 0 unspecified atom stereocenters. The van der Waals surface area contributed by atoms with Gasteiger partial charge in [-0.3, -0.25) is 9.36 Å². The van der Waals surface area contributed by atoms with Crippen LogP contribution in [0.5, 0.6) is 5.88 Å². The Morgan fingerprint density at radius 1 is 0.935 bits per heavy atom. The van der Waals surface area contributed by atoms with Crippen LogP contribution >= 0.6 is 0 Å². The lowest BCUT2D eigenvalue weighted by atomic mass is 10.1. The van der Waals surface area contributed by atoms with E-state index in [9.17, 15) is 15.2 Å². The van der Waals surface area contributed by atoms with E-state index in [1.165, 1.54) is 4.57 Å². The van der Waals surface area contributed by atoms with E-state index in [-0.39, 0.29) is 17.1 Å². The maximum atomic E-state index is 12.5. The van der Waals surface area contributed by atoms with Crippen molar-refractivity contribution in [3.05, 3.63) is 76.1 Å². The number of nitriles is 1. The Labute approximate surface area is 179 Å². The molecule has 0 spiro atoms. The quantitative estimate of drug-likeness (QED) is 0.453. The number of azo groups is 2. The van der Waals surface area contributed by atoms with Gasteiger partial charge in [0.25, 0.3) is 5.56 Å². The van der Waals surface area contributed by atoms with Crippen LogP contribution in [0.2, 0.25) is 0 Å². The van der Waals surface area contributed by atoms with Crippen molar-refractivity contribution in [3.63, 3.8) is 0 Å². The first-order valence-corrected chi connectivity index (χ1v) is 9.90. The second-order valence-corrected chi connectivity index (χ2v) is 6.85. The summed E-state index contributed by atoms with van der Waals surface area (Å²) in [5.41, 5.74) is 1.79. The fourth-order valence-electron chi connectivity index (χ4n) is 2.88. The fraction of sp³-hybridized carbons (Fsp3) is 0.217. The summed E-state index contributed by atoms with van der Waals surface area (Å²) in [6.45, 7) is 3.86. The molecule has 0 aliphatic rings. The van der Waals surface area contributed by atoms with Crippen LogP contribution in [0.1, 0.15) is 30.9 Å². The summed E-state index contributed by atoms with van der Waals surface area (Å²) in [5, 5.41) is 36.6. The zero-order chi connectivity index (χ0) is 22.2. The lowest BCUT2D eigenvalue weighted by Crippen LogP contribution is -2.23. The average Bonchev–Trinajstić information content (AvgIpc) is 2.79. The summed E-state index contributed by atoms with van der Waals surface area (Å²) in [6.07, 6.45) is 1.53. The molecule has 3 aromatic rings. The number of hydrogen-bond donors (Lipinski definition) is 1. The number of hydrogen-bond acceptors (Lipinski definition) is 7. The second-order valence-electron chi connectivity index (χ2n) is 6.85. The molecule has 156 valence electrons. The van der Waals surface area contributed by atoms with Gasteiger partial charge in [-0.2, -0.15) is 20.6 Å². The molecule has 0 saturated heterocycles. The molecule has 0 atom stereocenters. The number of rotatable bonds is 7. The van der Waals surface area contributed by atoms with E-state index < -0.39 is 5.56 Å². The van der Waals surface area contributed by atoms with E-state index in [0.29, 0.717) is 29.9 Å². The Bertz CT molecular complexity index is 1210. The predicted octanol–water partition coefficient (Wildman–Crippen LogP) is 6.36. The molecule has 2 aromatic carbocycles. The lowest BCUT2D eigenvalue weighted by Gasteiger charge is -2.12. The Morgan fingerprint density at radius 3 is 2.03 bits per heavy atom. The monoisotopic (exact) mass is 414 g/mol. The van der Waals surface area contributed by atoms with Gasteiger partial charge in [0.05, 0.1) is 17.1 Å². The van der Waals surface area contributed by atoms with Crippen LogP contribution < -0.4 is 5.56 Å². The lowest BCUT2D eigenvalue weighted by molar-refractivity contribution is 0.402. The highest BCUT2D eigenvalue weighted by molar-refractivity contribution is 5.59. The van der Waals surface area contributed by atoms with Crippen LogP contribution in [-0.2, 0) is 6.54 Å². The summed E-state index contributed by atoms with van der Waals surface area (Å²) in [4.78, 5) is 12.5. The standard InChI is InChI=1S/C23H22N6O2/c1-3-4-14-29-22(30)20(15-24)16(2)21(23(29)31)28-27-19-12-10-18(11-13-19)26-25-17-8-6-5-7-9-17/h5-13,31H,3-4,14H2,1-2H3. The summed E-state index contributed by atoms with van der Waals surface area (Å²) >= 11 is 0. The van der Waals surface area contributed by atoms with Crippen molar-refractivity contribution in [2.45, 2.75) is 33.2 Å². The molecule has 3 rings (SSSR count). The van der Waals surface area contributed by atoms with E-state index in [0.717, 1.165) is 12.1 Å². The molecular formula is C23H22N6O2. The van der Waals surface area contributed by atoms with Gasteiger partial charge in [-0.1, -0.05) is 31.5 Å². The van der Waals surface area contributed by atoms with E-state index in [1.807, 2.05) is 43.3 Å². The number of pyridine rings is 1. The van der Waals surface area contributed by atoms with E-state index in [4.69, 9.17) is 0 Å². The van der Waals surface area contributed by atoms with Crippen molar-refractivity contribution in [1.82, 2.24) is 4.57 Å². The highest BCUT2D eigenvalue weighted by Gasteiger charge is 2.18. The molecule has 0 aliphatic heterocycles. The molecule has 0 aliphatic carbocycles. The number of nitrogens with zero attached hydrogens (tertiary/aromatic N) is 6. The van der Waals surface area contributed by atoms with Crippen molar-refractivity contribution >= 4 is 22.7 Å². The van der Waals surface area contributed by atoms with Gasteiger partial charge in [0.15, 0.2) is 5.69 Å². The SMILES string of the molecule is CCCCn1c(O)c(N=Nc2ccc(N=Nc3ccccc3)cc2)c(C)c(C#N)c1=O. The maximum Gasteiger partial charge on any atom is 0.271 e. The second kappa shape index (κ2) is 10.1. The number of unbranched alkanes of at least 4 members (excludes halogenated alkanes) is 1. The molecule has 31 heavy (non-hydrogen) atoms. The third-order valence-electron chi connectivity index (χ3n) is 4.66. The van der Waals surface area contributed by atoms with Crippen LogP contribution in [0.4, 0.5) is 22.7 Å². The molecule has 1 aromatic heterocycles. The van der Waals surface area contributed by atoms with Crippen molar-refractivity contribution in [1.29, 1.82) is 5.26 Å². The van der Waals surface area contributed by atoms with Gasteiger partial charge in [-0.25, -0.2) is 0 Å². The third kappa shape index (κ3) is 5.08. The first-order chi connectivity index (χ1) is 15.0. The summed E-state index contributed by atoms with van der Waals surface area (Å²) < 4.78 is 1.18. The third-order valence-corrected chi connectivity index (χ3v) is 4.66. The molecule has 0 fully saturated rings. The van der Waals surface area contributed by atoms with Gasteiger partial charge in [-0.05, 0) is 49.7 Å². The molecule has 1 N–H and O–H groups in total. The summed E-state index contributed by atoms with van der Waals surface area (Å²) in [5.74, 6) is -0.285. The van der Waals surface area contributed by atoms with Crippen molar-refractivity contribution < 1.29 is 5.11 Å². The van der Waals surface area contributed by atoms with Crippen LogP contribution in [0.3, 0.4) is 0 Å². The molecule has 8 heteroatoms. The Hall–Kier alpha value is -4.12. The summed E-state index contributed by atoms with van der Waals surface area (Å²) in [7, 11) is 0. The van der Waals surface area contributed by atoms with Gasteiger partial charge in [0.2, 0.25) is 5.88 Å². The Morgan fingerprint density at radius 2 is 1.48 bits per heavy atom. The topological polar surface area (TPSA) is 115 Å². The fourth-order valence-corrected chi connectivity index (χ4v) is 2.88. The molecule has 0 radical (unpaired) electrons. The zero-order valence-electron chi connectivity index (χ0n) is 17.4. The van der Waals surface area contributed by atoms with Crippen LogP contribution in [0.25, 0.3) is 0 Å². The number of aromatic hydroxyl groups is 1. The van der Waals surface area contributed by atoms with E-state index in [1.54, 1.807) is 31.2 Å². The van der Waals surface area contributed by atoms with Gasteiger partial charge < -0.3 is 5.11 Å². The van der Waals surface area contributed by atoms with Crippen molar-refractivity contribution in [2.24, 2.45) is 20.5 Å². The minimum atomic E-state index is -0.516. The van der Waals surface area contributed by atoms with Crippen molar-refractivity contribution in [2.75, 3.05) is 0 Å². The zero-order valence-corrected chi connectivity index (χ0v) is 17.4. The highest BCUT2D eigenvalue weighted by atomic mass is 16.3. The molecule has 1 heterocycles. The minimum Gasteiger partial charge on any atom is -0.493 e. The van der Waals surface area contributed by atoms with Crippen LogP contribution in [0.15, 0.2) is 79.8 Å². The smallest absolute Gasteiger partial charge is 0.271 e. The van der Waals surface area contributed by atoms with E-state index in [2.05, 4.69) is 20.5 Å². The first-order valence-electron chi connectivity index (χ1n) is 9.90. The van der Waals surface area contributed by atoms with Crippen LogP contribution in [-0.4, -0.2) is 9.67 Å². The maximum absolute atomic E-state index is 12.5. The predicted molar refractivity (Wildman–Crippen MR) is 118 cm³/mol. The Balaban J connectivity index is 1.87. The van der Waals surface area contributed by atoms with Crippen molar-refractivity contribution in [3.8, 4) is 11.9 Å². The molecule has 0 saturated carbocycles. The molecule has 0 bridgehead atoms. The first kappa shape index (κ1) is 21.6. The van der Waals surface area contributed by atoms with Gasteiger partial charge in [-0.15, -0.1) is 5.11 Å². The van der Waals surface area contributed by atoms with Gasteiger partial charge in [0, 0.05) is 12.1 Å². The highest BCUT2D eigenvalue weighted by Crippen LogP contribution is 2.32. The average molecular weight is 414 g/mol. The molecule has 8 nitrogen and oxygen atoms in total. The van der Waals surface area contributed by atoms with Crippen LogP contribution in [0, 0.1) is 18.3 Å². The largest absolute Gasteiger partial charge is 0.493 e. The minimum absolute atomic E-state index is 0.0421. The molecular weight excluding hydrogens is 392 g/mol. The number of benzene rings is 2. The van der Waals surface area contributed by atoms with E-state index >= 15 is 0 Å². The number of aromatic nitrogens is 1. The normalized spacial score (nSPS) is 11.3. The Kier molecular flexibility index (Phi) is 7.01.